The van der Waals surface area contributed by atoms with Crippen molar-refractivity contribution in [1.82, 2.24) is 10.1 Å². The van der Waals surface area contributed by atoms with Crippen LogP contribution in [0, 0.1) is 6.92 Å². The van der Waals surface area contributed by atoms with Crippen LogP contribution in [0.3, 0.4) is 0 Å². The molecule has 0 aliphatic rings. The Morgan fingerprint density at radius 3 is 2.58 bits per heavy atom. The lowest BCUT2D eigenvalue weighted by molar-refractivity contribution is 0.0998. The summed E-state index contributed by atoms with van der Waals surface area (Å²) in [5.74, 6) is 1.35. The molecule has 3 aromatic carbocycles. The molecule has 2 heterocycles. The Bertz CT molecular complexity index is 1440. The van der Waals surface area contributed by atoms with Crippen LogP contribution in [0.5, 0.6) is 0 Å². The van der Waals surface area contributed by atoms with Gasteiger partial charge in [-0.15, -0.1) is 11.8 Å². The minimum absolute atomic E-state index is 0.275. The number of hydrogen-bond donors (Lipinski definition) is 1. The monoisotopic (exact) mass is 475 g/mol. The maximum absolute atomic E-state index is 13.4. The van der Waals surface area contributed by atoms with Gasteiger partial charge in [0.05, 0.1) is 5.69 Å². The number of anilines is 1. The first-order valence-electron chi connectivity index (χ1n) is 10.2. The predicted octanol–water partition coefficient (Wildman–Crippen LogP) is 6.99. The first-order chi connectivity index (χ1) is 16.1. The minimum atomic E-state index is -0.342. The number of nitrogens with zero attached hydrogens (tertiary/aromatic N) is 2. The van der Waals surface area contributed by atoms with Crippen molar-refractivity contribution in [3.8, 4) is 11.4 Å². The molecule has 0 aliphatic carbocycles. The molecule has 0 aliphatic heterocycles. The number of benzene rings is 3. The molecule has 0 saturated heterocycles. The molecule has 33 heavy (non-hydrogen) atoms. The average molecular weight is 476 g/mol. The first-order valence-corrected chi connectivity index (χ1v) is 11.5. The van der Waals surface area contributed by atoms with Crippen LogP contribution in [-0.4, -0.2) is 16.0 Å². The molecule has 0 bridgehead atoms. The second-order valence-electron chi connectivity index (χ2n) is 7.29. The van der Waals surface area contributed by atoms with Crippen molar-refractivity contribution in [3.63, 3.8) is 0 Å². The van der Waals surface area contributed by atoms with E-state index >= 15 is 0 Å². The predicted molar refractivity (Wildman–Crippen MR) is 130 cm³/mol. The number of fused-ring (bicyclic) bond motifs is 1. The number of carbonyl (C=O) groups excluding carboxylic acids is 1. The fourth-order valence-corrected chi connectivity index (χ4v) is 4.54. The topological polar surface area (TPSA) is 81.2 Å². The number of aryl methyl sites for hydroxylation is 1. The molecule has 5 rings (SSSR count). The summed E-state index contributed by atoms with van der Waals surface area (Å²) in [5, 5.41) is 8.53. The number of rotatable bonds is 6. The van der Waals surface area contributed by atoms with E-state index in [1.165, 1.54) is 0 Å². The highest BCUT2D eigenvalue weighted by Gasteiger charge is 2.22. The van der Waals surface area contributed by atoms with Gasteiger partial charge in [-0.3, -0.25) is 4.79 Å². The van der Waals surface area contributed by atoms with Gasteiger partial charge in [-0.25, -0.2) is 0 Å². The summed E-state index contributed by atoms with van der Waals surface area (Å²) >= 11 is 7.61. The Labute approximate surface area is 198 Å². The van der Waals surface area contributed by atoms with Crippen LogP contribution in [0.1, 0.15) is 22.0 Å². The number of carbonyl (C=O) groups is 1. The van der Waals surface area contributed by atoms with Crippen molar-refractivity contribution in [2.24, 2.45) is 0 Å². The van der Waals surface area contributed by atoms with E-state index in [1.807, 2.05) is 66.7 Å². The Morgan fingerprint density at radius 1 is 1.03 bits per heavy atom. The highest BCUT2D eigenvalue weighted by Crippen LogP contribution is 2.34. The normalized spacial score (nSPS) is 11.1. The van der Waals surface area contributed by atoms with Gasteiger partial charge in [0, 0.05) is 39.1 Å². The van der Waals surface area contributed by atoms with E-state index in [2.05, 4.69) is 15.5 Å². The zero-order valence-corrected chi connectivity index (χ0v) is 19.1. The van der Waals surface area contributed by atoms with Crippen molar-refractivity contribution in [3.05, 3.63) is 95.0 Å². The summed E-state index contributed by atoms with van der Waals surface area (Å²) in [6, 6.07) is 22.6. The fraction of sp³-hybridized carbons (Fsp3) is 0.0800. The lowest BCUT2D eigenvalue weighted by atomic mass is 10.1. The van der Waals surface area contributed by atoms with E-state index in [-0.39, 0.29) is 11.7 Å². The van der Waals surface area contributed by atoms with E-state index in [0.29, 0.717) is 39.3 Å². The Balaban J connectivity index is 1.47. The van der Waals surface area contributed by atoms with Crippen LogP contribution in [0.4, 0.5) is 5.69 Å². The summed E-state index contributed by atoms with van der Waals surface area (Å²) in [5.41, 5.74) is 2.73. The standard InChI is InChI=1S/C25H18ClN3O3S/c1-15-27-24(29-32-15)19-7-2-4-8-21(19)28-25(30)23-20(18-6-3-5-9-22(18)31-23)14-33-17-12-10-16(26)11-13-17/h2-13H,14H2,1H3,(H,28,30). The van der Waals surface area contributed by atoms with Gasteiger partial charge in [0.2, 0.25) is 11.7 Å². The van der Waals surface area contributed by atoms with Gasteiger partial charge in [0.25, 0.3) is 5.91 Å². The zero-order valence-electron chi connectivity index (χ0n) is 17.5. The molecule has 164 valence electrons. The number of furan rings is 1. The van der Waals surface area contributed by atoms with E-state index in [1.54, 1.807) is 24.8 Å². The first kappa shape index (κ1) is 21.3. The van der Waals surface area contributed by atoms with Gasteiger partial charge in [0.15, 0.2) is 5.76 Å². The highest BCUT2D eigenvalue weighted by molar-refractivity contribution is 7.98. The van der Waals surface area contributed by atoms with Crippen LogP contribution >= 0.6 is 23.4 Å². The minimum Gasteiger partial charge on any atom is -0.451 e. The summed E-state index contributed by atoms with van der Waals surface area (Å²) in [7, 11) is 0. The highest BCUT2D eigenvalue weighted by atomic mass is 35.5. The average Bonchev–Trinajstić information content (AvgIpc) is 3.43. The van der Waals surface area contributed by atoms with Crippen LogP contribution < -0.4 is 5.32 Å². The van der Waals surface area contributed by atoms with Crippen molar-refractivity contribution >= 4 is 45.9 Å². The molecular weight excluding hydrogens is 458 g/mol. The number of para-hydroxylation sites is 2. The Kier molecular flexibility index (Phi) is 5.90. The summed E-state index contributed by atoms with van der Waals surface area (Å²) < 4.78 is 11.1. The van der Waals surface area contributed by atoms with E-state index in [9.17, 15) is 4.79 Å². The smallest absolute Gasteiger partial charge is 0.291 e. The summed E-state index contributed by atoms with van der Waals surface area (Å²) in [6.07, 6.45) is 0. The molecule has 8 heteroatoms. The third-order valence-corrected chi connectivity index (χ3v) is 6.34. The van der Waals surface area contributed by atoms with Crippen LogP contribution in [-0.2, 0) is 5.75 Å². The largest absolute Gasteiger partial charge is 0.451 e. The molecule has 0 saturated carbocycles. The Morgan fingerprint density at radius 2 is 1.79 bits per heavy atom. The number of nitrogens with one attached hydrogen (secondary N) is 1. The number of hydrogen-bond acceptors (Lipinski definition) is 6. The lowest BCUT2D eigenvalue weighted by Gasteiger charge is -2.09. The second kappa shape index (κ2) is 9.13. The van der Waals surface area contributed by atoms with Gasteiger partial charge >= 0.3 is 0 Å². The molecule has 5 aromatic rings. The third kappa shape index (κ3) is 4.51. The van der Waals surface area contributed by atoms with E-state index < -0.39 is 0 Å². The number of aromatic nitrogens is 2. The maximum Gasteiger partial charge on any atom is 0.291 e. The molecule has 1 N–H and O–H groups in total. The molecule has 0 radical (unpaired) electrons. The van der Waals surface area contributed by atoms with Gasteiger partial charge < -0.3 is 14.3 Å². The van der Waals surface area contributed by atoms with Crippen molar-refractivity contribution in [2.75, 3.05) is 5.32 Å². The van der Waals surface area contributed by atoms with Gasteiger partial charge in [-0.1, -0.05) is 47.1 Å². The van der Waals surface area contributed by atoms with Gasteiger partial charge in [-0.05, 0) is 42.5 Å². The zero-order chi connectivity index (χ0) is 22.8. The fourth-order valence-electron chi connectivity index (χ4n) is 3.49. The SMILES string of the molecule is Cc1nc(-c2ccccc2NC(=O)c2oc3ccccc3c2CSc2ccc(Cl)cc2)no1. The number of amides is 1. The van der Waals surface area contributed by atoms with Crippen LogP contribution in [0.15, 0.2) is 86.6 Å². The molecule has 2 aromatic heterocycles. The molecule has 0 atom stereocenters. The molecule has 0 fully saturated rings. The van der Waals surface area contributed by atoms with Crippen molar-refractivity contribution in [2.45, 2.75) is 17.6 Å². The molecular formula is C25H18ClN3O3S. The van der Waals surface area contributed by atoms with Crippen LogP contribution in [0.25, 0.3) is 22.4 Å². The van der Waals surface area contributed by atoms with Crippen molar-refractivity contribution < 1.29 is 13.7 Å². The van der Waals surface area contributed by atoms with Crippen LogP contribution in [0.2, 0.25) is 5.02 Å². The Hall–Kier alpha value is -3.55. The second-order valence-corrected chi connectivity index (χ2v) is 8.77. The molecule has 6 nitrogen and oxygen atoms in total. The quantitative estimate of drug-likeness (QED) is 0.266. The molecule has 0 spiro atoms. The number of thioether (sulfide) groups is 1. The third-order valence-electron chi connectivity index (χ3n) is 5.05. The van der Waals surface area contributed by atoms with E-state index in [4.69, 9.17) is 20.5 Å². The summed E-state index contributed by atoms with van der Waals surface area (Å²) in [4.78, 5) is 18.7. The number of halogens is 1. The van der Waals surface area contributed by atoms with Gasteiger partial charge in [0.1, 0.15) is 5.58 Å². The van der Waals surface area contributed by atoms with E-state index in [0.717, 1.165) is 15.8 Å². The lowest BCUT2D eigenvalue weighted by Crippen LogP contribution is -2.13. The maximum atomic E-state index is 13.4. The molecule has 1 amide bonds. The van der Waals surface area contributed by atoms with Gasteiger partial charge in [-0.2, -0.15) is 4.98 Å². The van der Waals surface area contributed by atoms with Crippen molar-refractivity contribution in [1.29, 1.82) is 0 Å². The molecule has 0 unspecified atom stereocenters. The summed E-state index contributed by atoms with van der Waals surface area (Å²) in [6.45, 7) is 1.72.